The molecule has 4 aromatic carbocycles. The second kappa shape index (κ2) is 9.73. The van der Waals surface area contributed by atoms with Crippen LogP contribution in [0.5, 0.6) is 0 Å². The van der Waals surface area contributed by atoms with Crippen LogP contribution in [-0.4, -0.2) is 24.9 Å². The van der Waals surface area contributed by atoms with Gasteiger partial charge in [0.05, 0.1) is 9.93 Å². The maximum atomic E-state index is 10.2. The molecule has 0 aliphatic heterocycles. The van der Waals surface area contributed by atoms with Gasteiger partial charge in [0.15, 0.2) is 0 Å². The molecule has 0 aliphatic carbocycles. The molecule has 30 heavy (non-hydrogen) atoms. The molecule has 152 valence electrons. The van der Waals surface area contributed by atoms with Crippen LogP contribution in [0.3, 0.4) is 0 Å². The number of hydrogen-bond acceptors (Lipinski definition) is 1. The summed E-state index contributed by atoms with van der Waals surface area (Å²) in [4.78, 5) is 0. The van der Waals surface area contributed by atoms with Gasteiger partial charge in [0, 0.05) is 0 Å². The van der Waals surface area contributed by atoms with Gasteiger partial charge in [0.1, 0.15) is 24.9 Å². The van der Waals surface area contributed by atoms with Crippen molar-refractivity contribution in [1.82, 2.24) is 0 Å². The molecular formula is C27H29BOS. The fourth-order valence-corrected chi connectivity index (χ4v) is 4.12. The lowest BCUT2D eigenvalue weighted by atomic mass is 9.13. The van der Waals surface area contributed by atoms with Crippen LogP contribution in [0.4, 0.5) is 0 Å². The van der Waals surface area contributed by atoms with Crippen LogP contribution in [0, 0.1) is 0 Å². The van der Waals surface area contributed by atoms with Gasteiger partial charge in [-0.05, 0) is 0 Å². The Morgan fingerprint density at radius 1 is 0.433 bits per heavy atom. The Morgan fingerprint density at radius 2 is 0.600 bits per heavy atom. The highest BCUT2D eigenvalue weighted by Gasteiger charge is 2.30. The Balaban J connectivity index is 0.000000461. The number of hydrogen-bond donors (Lipinski definition) is 0. The molecule has 0 aliphatic rings. The van der Waals surface area contributed by atoms with E-state index in [1.165, 1.54) is 21.9 Å². The van der Waals surface area contributed by atoms with Gasteiger partial charge in [-0.15, -0.1) is 4.21 Å². The molecule has 0 amide bonds. The third-order valence-corrected chi connectivity index (χ3v) is 5.20. The minimum absolute atomic E-state index is 1.22. The highest BCUT2D eigenvalue weighted by molar-refractivity contribution is 8.00. The van der Waals surface area contributed by atoms with Crippen molar-refractivity contribution in [2.75, 3.05) is 18.8 Å². The summed E-state index contributed by atoms with van der Waals surface area (Å²) in [6.07, 6.45) is 3.93. The van der Waals surface area contributed by atoms with Crippen LogP contribution in [0.15, 0.2) is 121 Å². The summed E-state index contributed by atoms with van der Waals surface area (Å²) in [5.41, 5.74) is 5.36. The van der Waals surface area contributed by atoms with Crippen molar-refractivity contribution in [1.29, 1.82) is 0 Å². The summed E-state index contributed by atoms with van der Waals surface area (Å²) in [7, 11) is -1.42. The Kier molecular flexibility index (Phi) is 7.07. The highest BCUT2D eigenvalue weighted by atomic mass is 32.2. The average Bonchev–Trinajstić information content (AvgIpc) is 2.76. The van der Waals surface area contributed by atoms with Gasteiger partial charge in [-0.3, -0.25) is 0 Å². The Hall–Kier alpha value is -2.91. The Labute approximate surface area is 182 Å². The quantitative estimate of drug-likeness (QED) is 0.371. The van der Waals surface area contributed by atoms with Gasteiger partial charge in [-0.25, -0.2) is 0 Å². The molecule has 4 aromatic rings. The van der Waals surface area contributed by atoms with E-state index in [0.717, 1.165) is 0 Å². The summed E-state index contributed by atoms with van der Waals surface area (Å²) < 4.78 is 10.2. The lowest BCUT2D eigenvalue weighted by molar-refractivity contribution is 0.594. The van der Waals surface area contributed by atoms with Gasteiger partial charge in [-0.2, -0.15) is 21.9 Å². The van der Waals surface area contributed by atoms with Crippen LogP contribution in [0.25, 0.3) is 0 Å². The first kappa shape index (κ1) is 21.8. The standard InChI is InChI=1S/C24H20B.C3H9OS/c1-5-13-21(14-6-1)25(22-15-7-2-8-16-22,23-17-9-3-10-18-23)24-19-11-4-12-20-24;1-5(2,3)4/h1-20H;1-3H3/q-1;+1. The van der Waals surface area contributed by atoms with E-state index in [4.69, 9.17) is 0 Å². The predicted molar refractivity (Wildman–Crippen MR) is 136 cm³/mol. The largest absolute Gasteiger partial charge is 0.195 e. The molecule has 0 spiro atoms. The van der Waals surface area contributed by atoms with Gasteiger partial charge >= 0.3 is 0 Å². The summed E-state index contributed by atoms with van der Waals surface area (Å²) in [6.45, 7) is 0. The lowest BCUT2D eigenvalue weighted by Crippen LogP contribution is -2.74. The molecule has 4 rings (SSSR count). The Morgan fingerprint density at radius 3 is 0.767 bits per heavy atom. The lowest BCUT2D eigenvalue weighted by Gasteiger charge is -2.44. The minimum Gasteiger partial charge on any atom is -0.195 e. The summed E-state index contributed by atoms with van der Waals surface area (Å²) >= 11 is 0. The van der Waals surface area contributed by atoms with E-state index < -0.39 is 16.1 Å². The summed E-state index contributed by atoms with van der Waals surface area (Å²) in [5, 5.41) is 0. The topological polar surface area (TPSA) is 17.1 Å². The normalized spacial score (nSPS) is 11.3. The van der Waals surface area contributed by atoms with E-state index in [1.54, 1.807) is 18.8 Å². The number of benzene rings is 4. The third kappa shape index (κ3) is 5.17. The van der Waals surface area contributed by atoms with E-state index >= 15 is 0 Å². The smallest absolute Gasteiger partial charge is 0.108 e. The van der Waals surface area contributed by atoms with Crippen molar-refractivity contribution in [3.8, 4) is 0 Å². The molecule has 0 aromatic heterocycles. The maximum absolute atomic E-state index is 10.2. The van der Waals surface area contributed by atoms with E-state index in [-0.39, 0.29) is 0 Å². The van der Waals surface area contributed by atoms with Crippen LogP contribution in [0.2, 0.25) is 0 Å². The van der Waals surface area contributed by atoms with E-state index in [1.807, 2.05) is 0 Å². The van der Waals surface area contributed by atoms with Crippen LogP contribution < -0.4 is 21.9 Å². The van der Waals surface area contributed by atoms with Gasteiger partial charge in [0.2, 0.25) is 0 Å². The number of rotatable bonds is 4. The molecule has 1 nitrogen and oxygen atoms in total. The third-order valence-electron chi connectivity index (χ3n) is 5.20. The van der Waals surface area contributed by atoms with Crippen molar-refractivity contribution >= 4 is 37.9 Å². The molecule has 0 saturated heterocycles. The van der Waals surface area contributed by atoms with Gasteiger partial charge in [-0.1, -0.05) is 121 Å². The molecule has 0 atom stereocenters. The van der Waals surface area contributed by atoms with Crippen molar-refractivity contribution < 1.29 is 4.21 Å². The van der Waals surface area contributed by atoms with E-state index in [0.29, 0.717) is 0 Å². The predicted octanol–water partition coefficient (Wildman–Crippen LogP) is 3.44. The fourth-order valence-electron chi connectivity index (χ4n) is 4.12. The molecule has 0 unspecified atom stereocenters. The summed E-state index contributed by atoms with van der Waals surface area (Å²) in [6, 6.07) is 43.5. The second-order valence-corrected chi connectivity index (χ2v) is 11.7. The van der Waals surface area contributed by atoms with Crippen molar-refractivity contribution in [3.05, 3.63) is 121 Å². The molecule has 0 saturated carbocycles. The minimum atomic E-state index is -1.42. The fraction of sp³-hybridized carbons (Fsp3) is 0.111. The monoisotopic (exact) mass is 412 g/mol. The average molecular weight is 412 g/mol. The Bertz CT molecular complexity index is 903. The highest BCUT2D eigenvalue weighted by Crippen LogP contribution is 2.09. The van der Waals surface area contributed by atoms with Crippen LogP contribution in [0.1, 0.15) is 0 Å². The van der Waals surface area contributed by atoms with E-state index in [2.05, 4.69) is 121 Å². The van der Waals surface area contributed by atoms with Crippen molar-refractivity contribution in [2.45, 2.75) is 0 Å². The molecule has 0 bridgehead atoms. The second-order valence-electron chi connectivity index (χ2n) is 8.23. The van der Waals surface area contributed by atoms with Gasteiger partial charge < -0.3 is 0 Å². The zero-order valence-electron chi connectivity index (χ0n) is 17.9. The summed E-state index contributed by atoms with van der Waals surface area (Å²) in [5.74, 6) is 0. The SMILES string of the molecule is C[S+](C)(C)=O.c1ccc([B-](c2ccccc2)(c2ccccc2)c2ccccc2)cc1. The molecule has 0 N–H and O–H groups in total. The van der Waals surface area contributed by atoms with Crippen LogP contribution in [-0.2, 0) is 14.1 Å². The zero-order valence-corrected chi connectivity index (χ0v) is 18.8. The first-order valence-electron chi connectivity index (χ1n) is 10.2. The molecule has 0 radical (unpaired) electrons. The molecular weight excluding hydrogens is 383 g/mol. The molecule has 3 heteroatoms. The van der Waals surface area contributed by atoms with Gasteiger partial charge in [0.25, 0.3) is 0 Å². The van der Waals surface area contributed by atoms with Crippen molar-refractivity contribution in [2.24, 2.45) is 0 Å². The van der Waals surface area contributed by atoms with Crippen LogP contribution >= 0.6 is 0 Å². The van der Waals surface area contributed by atoms with E-state index in [9.17, 15) is 4.21 Å². The first-order chi connectivity index (χ1) is 14.4. The molecule has 0 fully saturated rings. The van der Waals surface area contributed by atoms with Crippen molar-refractivity contribution in [3.63, 3.8) is 0 Å². The first-order valence-corrected chi connectivity index (χ1v) is 13.0. The maximum Gasteiger partial charge on any atom is 0.108 e. The molecule has 0 heterocycles. The zero-order chi connectivity index (χ0) is 21.5.